The summed E-state index contributed by atoms with van der Waals surface area (Å²) < 4.78 is 5.46. The molecule has 2 saturated heterocycles. The van der Waals surface area contributed by atoms with Gasteiger partial charge in [0, 0.05) is 13.2 Å². The Labute approximate surface area is 69.1 Å². The summed E-state index contributed by atoms with van der Waals surface area (Å²) in [5, 5.41) is 0. The summed E-state index contributed by atoms with van der Waals surface area (Å²) in [5.74, 6) is 2.71. The Balaban J connectivity index is 2.06. The highest BCUT2D eigenvalue weighted by atomic mass is 16.5. The molecule has 1 heteroatoms. The summed E-state index contributed by atoms with van der Waals surface area (Å²) in [5.41, 5.74) is 0.511. The summed E-state index contributed by atoms with van der Waals surface area (Å²) in [6, 6.07) is 0. The van der Waals surface area contributed by atoms with Crippen molar-refractivity contribution in [2.45, 2.75) is 27.2 Å². The molecule has 0 spiro atoms. The van der Waals surface area contributed by atoms with Gasteiger partial charge in [0.1, 0.15) is 0 Å². The molecule has 0 aromatic rings. The van der Waals surface area contributed by atoms with Crippen molar-refractivity contribution in [3.8, 4) is 0 Å². The molecule has 2 bridgehead atoms. The fourth-order valence-corrected chi connectivity index (χ4v) is 3.00. The first-order valence-corrected chi connectivity index (χ1v) is 4.67. The zero-order valence-corrected chi connectivity index (χ0v) is 7.76. The molecule has 0 amide bonds. The third kappa shape index (κ3) is 1.10. The van der Waals surface area contributed by atoms with Gasteiger partial charge in [-0.3, -0.25) is 0 Å². The highest BCUT2D eigenvalue weighted by Crippen LogP contribution is 2.52. The Hall–Kier alpha value is -0.0400. The largest absolute Gasteiger partial charge is 0.381 e. The van der Waals surface area contributed by atoms with Crippen LogP contribution in [-0.4, -0.2) is 13.2 Å². The van der Waals surface area contributed by atoms with Crippen LogP contribution in [0.4, 0.5) is 0 Å². The quantitative estimate of drug-likeness (QED) is 0.520. The van der Waals surface area contributed by atoms with Crippen molar-refractivity contribution in [3.05, 3.63) is 0 Å². The molecule has 1 nitrogen and oxygen atoms in total. The van der Waals surface area contributed by atoms with E-state index in [0.717, 1.165) is 31.0 Å². The van der Waals surface area contributed by atoms with E-state index in [1.807, 2.05) is 0 Å². The number of hydrogen-bond donors (Lipinski definition) is 0. The molecule has 2 aliphatic heterocycles. The molecule has 64 valence electrons. The van der Waals surface area contributed by atoms with Crippen LogP contribution in [0.25, 0.3) is 0 Å². The number of ether oxygens (including phenoxy) is 1. The van der Waals surface area contributed by atoms with Crippen molar-refractivity contribution < 1.29 is 4.74 Å². The maximum atomic E-state index is 5.46. The number of fused-ring (bicyclic) bond motifs is 2. The highest BCUT2D eigenvalue weighted by Gasteiger charge is 2.49. The molecule has 11 heavy (non-hydrogen) atoms. The van der Waals surface area contributed by atoms with E-state index in [9.17, 15) is 0 Å². The summed E-state index contributed by atoms with van der Waals surface area (Å²) >= 11 is 0. The van der Waals surface area contributed by atoms with Gasteiger partial charge in [0.2, 0.25) is 0 Å². The third-order valence-electron chi connectivity index (χ3n) is 3.29. The van der Waals surface area contributed by atoms with Crippen LogP contribution in [-0.2, 0) is 4.74 Å². The monoisotopic (exact) mass is 154 g/mol. The van der Waals surface area contributed by atoms with E-state index in [2.05, 4.69) is 20.8 Å². The molecule has 2 unspecified atom stereocenters. The van der Waals surface area contributed by atoms with E-state index in [1.54, 1.807) is 0 Å². The molecule has 3 fully saturated rings. The van der Waals surface area contributed by atoms with Gasteiger partial charge in [-0.05, 0) is 29.6 Å². The van der Waals surface area contributed by atoms with Crippen LogP contribution < -0.4 is 0 Å². The zero-order chi connectivity index (χ0) is 8.06. The Kier molecular flexibility index (Phi) is 1.54. The topological polar surface area (TPSA) is 9.23 Å². The molecule has 1 aliphatic carbocycles. The smallest absolute Gasteiger partial charge is 0.0497 e. The van der Waals surface area contributed by atoms with Crippen molar-refractivity contribution in [3.63, 3.8) is 0 Å². The second-order valence-corrected chi connectivity index (χ2v) is 5.19. The molecule has 0 N–H and O–H groups in total. The van der Waals surface area contributed by atoms with Gasteiger partial charge in [-0.1, -0.05) is 20.8 Å². The van der Waals surface area contributed by atoms with Crippen LogP contribution in [0.5, 0.6) is 0 Å². The molecule has 2 atom stereocenters. The number of hydrogen-bond acceptors (Lipinski definition) is 1. The molecule has 0 radical (unpaired) electrons. The molecule has 0 aromatic carbocycles. The molecule has 2 heterocycles. The highest BCUT2D eigenvalue weighted by molar-refractivity contribution is 4.97. The van der Waals surface area contributed by atoms with Crippen molar-refractivity contribution in [1.29, 1.82) is 0 Å². The lowest BCUT2D eigenvalue weighted by molar-refractivity contribution is -0.150. The first kappa shape index (κ1) is 7.60. The normalized spacial score (nSPS) is 43.4. The summed E-state index contributed by atoms with van der Waals surface area (Å²) in [4.78, 5) is 0. The van der Waals surface area contributed by atoms with Gasteiger partial charge in [-0.15, -0.1) is 0 Å². The fourth-order valence-electron chi connectivity index (χ4n) is 3.00. The van der Waals surface area contributed by atoms with Gasteiger partial charge in [-0.25, -0.2) is 0 Å². The maximum Gasteiger partial charge on any atom is 0.0497 e. The van der Waals surface area contributed by atoms with Crippen molar-refractivity contribution in [2.75, 3.05) is 13.2 Å². The summed E-state index contributed by atoms with van der Waals surface area (Å²) in [6.07, 6.45) is 1.43. The predicted molar refractivity (Wildman–Crippen MR) is 45.4 cm³/mol. The zero-order valence-electron chi connectivity index (χ0n) is 7.76. The van der Waals surface area contributed by atoms with Crippen LogP contribution in [0.2, 0.25) is 0 Å². The predicted octanol–water partition coefficient (Wildman–Crippen LogP) is 2.32. The van der Waals surface area contributed by atoms with E-state index < -0.39 is 0 Å². The van der Waals surface area contributed by atoms with Gasteiger partial charge >= 0.3 is 0 Å². The van der Waals surface area contributed by atoms with Crippen LogP contribution >= 0.6 is 0 Å². The lowest BCUT2D eigenvalue weighted by Gasteiger charge is -2.55. The number of rotatable bonds is 0. The molecule has 3 aliphatic rings. The van der Waals surface area contributed by atoms with Gasteiger partial charge in [0.25, 0.3) is 0 Å². The average molecular weight is 154 g/mol. The first-order chi connectivity index (χ1) is 5.09. The molecule has 3 rings (SSSR count). The van der Waals surface area contributed by atoms with Crippen molar-refractivity contribution >= 4 is 0 Å². The lowest BCUT2D eigenvalue weighted by Crippen LogP contribution is -2.52. The van der Waals surface area contributed by atoms with E-state index in [0.29, 0.717) is 5.41 Å². The van der Waals surface area contributed by atoms with Crippen LogP contribution in [0.15, 0.2) is 0 Å². The Bertz CT molecular complexity index is 143. The summed E-state index contributed by atoms with van der Waals surface area (Å²) in [7, 11) is 0. The molecule has 1 saturated carbocycles. The summed E-state index contributed by atoms with van der Waals surface area (Å²) in [6.45, 7) is 9.14. The second-order valence-electron chi connectivity index (χ2n) is 5.19. The molecular formula is C10H18O. The minimum atomic E-state index is 0.511. The lowest BCUT2D eigenvalue weighted by atomic mass is 9.54. The SMILES string of the molecule is CC(C)(C)C1C2COCC1C2. The average Bonchev–Trinajstić information content (AvgIpc) is 1.85. The van der Waals surface area contributed by atoms with E-state index in [1.165, 1.54) is 6.42 Å². The van der Waals surface area contributed by atoms with Crippen LogP contribution in [0, 0.1) is 23.2 Å². The van der Waals surface area contributed by atoms with Crippen LogP contribution in [0.3, 0.4) is 0 Å². The Morgan fingerprint density at radius 1 is 1.09 bits per heavy atom. The van der Waals surface area contributed by atoms with Crippen molar-refractivity contribution in [1.82, 2.24) is 0 Å². The van der Waals surface area contributed by atoms with Gasteiger partial charge in [0.05, 0.1) is 0 Å². The molecule has 0 aromatic heterocycles. The Morgan fingerprint density at radius 3 is 1.91 bits per heavy atom. The standard InChI is InChI=1S/C10H18O/c1-10(2,3)9-7-4-8(9)6-11-5-7/h7-9H,4-6H2,1-3H3. The van der Waals surface area contributed by atoms with E-state index >= 15 is 0 Å². The minimum absolute atomic E-state index is 0.511. The first-order valence-electron chi connectivity index (χ1n) is 4.67. The van der Waals surface area contributed by atoms with Gasteiger partial charge < -0.3 is 4.74 Å². The van der Waals surface area contributed by atoms with Crippen LogP contribution in [0.1, 0.15) is 27.2 Å². The van der Waals surface area contributed by atoms with E-state index in [-0.39, 0.29) is 0 Å². The second kappa shape index (κ2) is 2.22. The molecular weight excluding hydrogens is 136 g/mol. The fraction of sp³-hybridized carbons (Fsp3) is 1.00. The van der Waals surface area contributed by atoms with Crippen molar-refractivity contribution in [2.24, 2.45) is 23.2 Å². The van der Waals surface area contributed by atoms with Gasteiger partial charge in [-0.2, -0.15) is 0 Å². The Morgan fingerprint density at radius 2 is 1.64 bits per heavy atom. The van der Waals surface area contributed by atoms with E-state index in [4.69, 9.17) is 4.74 Å². The maximum absolute atomic E-state index is 5.46. The third-order valence-corrected chi connectivity index (χ3v) is 3.29. The minimum Gasteiger partial charge on any atom is -0.381 e. The van der Waals surface area contributed by atoms with Gasteiger partial charge in [0.15, 0.2) is 0 Å².